The molecular formula is C8H9BN2O2. The van der Waals surface area contributed by atoms with Gasteiger partial charge in [0.1, 0.15) is 0 Å². The molecule has 0 unspecified atom stereocenters. The lowest BCUT2D eigenvalue weighted by Crippen LogP contribution is -2.30. The van der Waals surface area contributed by atoms with E-state index in [0.717, 1.165) is 10.9 Å². The minimum Gasteiger partial charge on any atom is -0.422 e. The first-order valence-electron chi connectivity index (χ1n) is 3.91. The summed E-state index contributed by atoms with van der Waals surface area (Å²) in [6.45, 7) is 0. The van der Waals surface area contributed by atoms with Crippen LogP contribution in [0.3, 0.4) is 0 Å². The van der Waals surface area contributed by atoms with Crippen LogP contribution in [0.25, 0.3) is 10.9 Å². The number of hydrogen-bond donors (Lipinski definition) is 4. The van der Waals surface area contributed by atoms with E-state index in [-0.39, 0.29) is 0 Å². The lowest BCUT2D eigenvalue weighted by Gasteiger charge is -1.91. The van der Waals surface area contributed by atoms with Gasteiger partial charge in [0.2, 0.25) is 0 Å². The maximum atomic E-state index is 8.89. The van der Waals surface area contributed by atoms with Gasteiger partial charge in [0.05, 0.1) is 0 Å². The summed E-state index contributed by atoms with van der Waals surface area (Å²) in [7, 11) is -1.46. The Morgan fingerprint density at radius 2 is 2.00 bits per heavy atom. The molecule has 0 fully saturated rings. The van der Waals surface area contributed by atoms with Gasteiger partial charge >= 0.3 is 7.12 Å². The summed E-state index contributed by atoms with van der Waals surface area (Å²) in [6.07, 6.45) is 0. The molecule has 1 heterocycles. The van der Waals surface area contributed by atoms with Gasteiger partial charge in [-0.1, -0.05) is 0 Å². The highest BCUT2D eigenvalue weighted by molar-refractivity contribution is 6.58. The number of nitrogen functional groups attached to an aromatic ring is 1. The van der Waals surface area contributed by atoms with Crippen molar-refractivity contribution in [3.63, 3.8) is 0 Å². The van der Waals surface area contributed by atoms with Crippen molar-refractivity contribution in [1.82, 2.24) is 4.98 Å². The number of benzene rings is 1. The average Bonchev–Trinajstić information content (AvgIpc) is 2.46. The number of nitrogens with one attached hydrogen (secondary N) is 1. The molecular weight excluding hydrogens is 167 g/mol. The molecule has 5 heteroatoms. The van der Waals surface area contributed by atoms with Crippen LogP contribution < -0.4 is 11.3 Å². The van der Waals surface area contributed by atoms with Crippen LogP contribution in [0.1, 0.15) is 0 Å². The predicted molar refractivity (Wildman–Crippen MR) is 52.5 cm³/mol. The van der Waals surface area contributed by atoms with Crippen molar-refractivity contribution in [2.24, 2.45) is 0 Å². The van der Waals surface area contributed by atoms with Crippen molar-refractivity contribution in [3.05, 3.63) is 24.3 Å². The maximum Gasteiger partial charge on any atom is 0.505 e. The molecule has 1 aromatic carbocycles. The van der Waals surface area contributed by atoms with E-state index in [4.69, 9.17) is 15.8 Å². The van der Waals surface area contributed by atoms with E-state index >= 15 is 0 Å². The number of fused-ring (bicyclic) bond motifs is 1. The maximum absolute atomic E-state index is 8.89. The molecule has 0 aliphatic heterocycles. The van der Waals surface area contributed by atoms with Crippen LogP contribution in [0.5, 0.6) is 0 Å². The monoisotopic (exact) mass is 176 g/mol. The van der Waals surface area contributed by atoms with Crippen LogP contribution >= 0.6 is 0 Å². The Morgan fingerprint density at radius 1 is 1.23 bits per heavy atom. The van der Waals surface area contributed by atoms with Crippen LogP contribution in [0.15, 0.2) is 24.3 Å². The minimum atomic E-state index is -1.46. The molecule has 66 valence electrons. The molecule has 2 rings (SSSR count). The number of hydrogen-bond acceptors (Lipinski definition) is 3. The van der Waals surface area contributed by atoms with Crippen molar-refractivity contribution in [2.75, 3.05) is 5.73 Å². The second-order valence-electron chi connectivity index (χ2n) is 2.95. The van der Waals surface area contributed by atoms with Crippen LogP contribution in [0, 0.1) is 0 Å². The summed E-state index contributed by atoms with van der Waals surface area (Å²) in [5.74, 6) is 0. The standard InChI is InChI=1S/C8H9BN2O2/c10-6-1-2-7-5(3-6)4-8(11-7)9(12)13/h1-4,11-13H,10H2. The third-order valence-corrected chi connectivity index (χ3v) is 1.94. The third kappa shape index (κ3) is 1.39. The third-order valence-electron chi connectivity index (χ3n) is 1.94. The molecule has 2 aromatic rings. The zero-order chi connectivity index (χ0) is 9.42. The molecule has 0 saturated heterocycles. The van der Waals surface area contributed by atoms with E-state index in [1.165, 1.54) is 0 Å². The number of nitrogens with two attached hydrogens (primary N) is 1. The summed E-state index contributed by atoms with van der Waals surface area (Å²) >= 11 is 0. The van der Waals surface area contributed by atoms with Gasteiger partial charge in [-0.3, -0.25) is 0 Å². The van der Waals surface area contributed by atoms with Gasteiger partial charge in [-0.15, -0.1) is 0 Å². The molecule has 0 atom stereocenters. The number of anilines is 1. The molecule has 0 saturated carbocycles. The van der Waals surface area contributed by atoms with E-state index in [1.54, 1.807) is 24.3 Å². The van der Waals surface area contributed by atoms with Crippen molar-refractivity contribution in [3.8, 4) is 0 Å². The number of rotatable bonds is 1. The molecule has 0 radical (unpaired) electrons. The smallest absolute Gasteiger partial charge is 0.422 e. The Kier molecular flexibility index (Phi) is 1.75. The normalized spacial score (nSPS) is 10.6. The Balaban J connectivity index is 2.62. The van der Waals surface area contributed by atoms with Gasteiger partial charge in [-0.2, -0.15) is 0 Å². The molecule has 0 spiro atoms. The van der Waals surface area contributed by atoms with Gasteiger partial charge in [0.15, 0.2) is 0 Å². The summed E-state index contributed by atoms with van der Waals surface area (Å²) in [5.41, 5.74) is 7.45. The summed E-state index contributed by atoms with van der Waals surface area (Å²) in [4.78, 5) is 2.87. The molecule has 4 nitrogen and oxygen atoms in total. The number of aromatic amines is 1. The largest absolute Gasteiger partial charge is 0.505 e. The lowest BCUT2D eigenvalue weighted by molar-refractivity contribution is 0.424. The number of aromatic nitrogens is 1. The molecule has 0 amide bonds. The highest BCUT2D eigenvalue weighted by atomic mass is 16.4. The first kappa shape index (κ1) is 8.16. The molecule has 0 bridgehead atoms. The van der Waals surface area contributed by atoms with Gasteiger partial charge in [0.25, 0.3) is 0 Å². The Hall–Kier alpha value is -1.46. The summed E-state index contributed by atoms with van der Waals surface area (Å²) < 4.78 is 0. The SMILES string of the molecule is Nc1ccc2[nH]c(B(O)O)cc2c1. The van der Waals surface area contributed by atoms with E-state index in [0.29, 0.717) is 11.3 Å². The van der Waals surface area contributed by atoms with Crippen molar-refractivity contribution < 1.29 is 10.0 Å². The van der Waals surface area contributed by atoms with Gasteiger partial charge in [0, 0.05) is 22.2 Å². The average molecular weight is 176 g/mol. The van der Waals surface area contributed by atoms with E-state index in [9.17, 15) is 0 Å². The first-order chi connectivity index (χ1) is 6.16. The minimum absolute atomic E-state index is 0.376. The number of H-pyrrole nitrogens is 1. The fourth-order valence-corrected chi connectivity index (χ4v) is 1.31. The Labute approximate surface area is 75.1 Å². The Bertz CT molecular complexity index is 439. The predicted octanol–water partition coefficient (Wildman–Crippen LogP) is -0.570. The van der Waals surface area contributed by atoms with Crippen molar-refractivity contribution >= 4 is 29.3 Å². The van der Waals surface area contributed by atoms with E-state index < -0.39 is 7.12 Å². The zero-order valence-corrected chi connectivity index (χ0v) is 6.86. The second kappa shape index (κ2) is 2.79. The highest BCUT2D eigenvalue weighted by Gasteiger charge is 2.13. The first-order valence-corrected chi connectivity index (χ1v) is 3.91. The van der Waals surface area contributed by atoms with Gasteiger partial charge in [-0.05, 0) is 24.3 Å². The summed E-state index contributed by atoms with van der Waals surface area (Å²) in [6, 6.07) is 7.00. The van der Waals surface area contributed by atoms with E-state index in [2.05, 4.69) is 4.98 Å². The zero-order valence-electron chi connectivity index (χ0n) is 6.86. The topological polar surface area (TPSA) is 82.3 Å². The summed E-state index contributed by atoms with van der Waals surface area (Å²) in [5, 5.41) is 18.7. The van der Waals surface area contributed by atoms with Crippen molar-refractivity contribution in [1.29, 1.82) is 0 Å². The van der Waals surface area contributed by atoms with Crippen LogP contribution in [0.4, 0.5) is 5.69 Å². The lowest BCUT2D eigenvalue weighted by atomic mass is 9.86. The van der Waals surface area contributed by atoms with Crippen molar-refractivity contribution in [2.45, 2.75) is 0 Å². The second-order valence-corrected chi connectivity index (χ2v) is 2.95. The van der Waals surface area contributed by atoms with Gasteiger partial charge < -0.3 is 20.8 Å². The Morgan fingerprint density at radius 3 is 2.69 bits per heavy atom. The fraction of sp³-hybridized carbons (Fsp3) is 0. The highest BCUT2D eigenvalue weighted by Crippen LogP contribution is 2.14. The van der Waals surface area contributed by atoms with Crippen LogP contribution in [-0.4, -0.2) is 22.2 Å². The fourth-order valence-electron chi connectivity index (χ4n) is 1.31. The van der Waals surface area contributed by atoms with E-state index in [1.807, 2.05) is 0 Å². The van der Waals surface area contributed by atoms with Crippen LogP contribution in [-0.2, 0) is 0 Å². The quantitative estimate of drug-likeness (QED) is 0.347. The van der Waals surface area contributed by atoms with Gasteiger partial charge in [-0.25, -0.2) is 0 Å². The molecule has 1 aromatic heterocycles. The molecule has 5 N–H and O–H groups in total. The van der Waals surface area contributed by atoms with Crippen LogP contribution in [0.2, 0.25) is 0 Å². The molecule has 0 aliphatic rings. The molecule has 0 aliphatic carbocycles. The molecule has 13 heavy (non-hydrogen) atoms.